The third kappa shape index (κ3) is 6.85. The number of fused-ring (bicyclic) bond motifs is 2. The van der Waals surface area contributed by atoms with Crippen LogP contribution in [0.2, 0.25) is 0 Å². The van der Waals surface area contributed by atoms with E-state index in [-0.39, 0.29) is 29.6 Å². The number of carbonyl (C=O) groups excluding carboxylic acids is 1. The second-order valence-electron chi connectivity index (χ2n) is 12.7. The number of H-pyrrole nitrogens is 1. The van der Waals surface area contributed by atoms with Crippen LogP contribution in [-0.2, 0) is 19.3 Å². The van der Waals surface area contributed by atoms with Gasteiger partial charge in [0, 0.05) is 69.3 Å². The Morgan fingerprint density at radius 1 is 1.07 bits per heavy atom. The SMILES string of the molecule is CCN1CCN(Cc2ccc(NC(=O)N3Cc4cc(Oc5ccnc6[nH]c(C)cc56)ccc4C(C(C)C)C3)cc2C(F)(F)F)CC1. The van der Waals surface area contributed by atoms with E-state index in [9.17, 15) is 18.0 Å². The van der Waals surface area contributed by atoms with Crippen LogP contribution in [0.5, 0.6) is 11.5 Å². The molecule has 1 unspecified atom stereocenters. The molecule has 0 saturated carbocycles. The van der Waals surface area contributed by atoms with E-state index >= 15 is 0 Å². The number of hydrogen-bond acceptors (Lipinski definition) is 5. The number of hydrogen-bond donors (Lipinski definition) is 2. The Kier molecular flexibility index (Phi) is 8.98. The standard InChI is InChI=1S/C35H41F3N6O2/c1-5-42-12-14-43(15-13-42)19-24-6-7-26(18-31(24)35(36,37)38)41-34(45)44-20-25-17-27(8-9-28(25)30(21-44)22(2)3)46-32-10-11-39-33-29(32)16-23(4)40-33/h6-11,16-18,22,30H,5,12-15,19-21H2,1-4H3,(H,39,40)(H,41,45). The van der Waals surface area contributed by atoms with Gasteiger partial charge in [0.25, 0.3) is 0 Å². The number of carbonyl (C=O) groups is 1. The number of urea groups is 1. The summed E-state index contributed by atoms with van der Waals surface area (Å²) in [4.78, 5) is 27.2. The molecule has 2 N–H and O–H groups in total. The van der Waals surface area contributed by atoms with E-state index in [2.05, 4.69) is 51.9 Å². The Morgan fingerprint density at radius 3 is 2.54 bits per heavy atom. The number of aromatic nitrogens is 2. The molecule has 11 heteroatoms. The summed E-state index contributed by atoms with van der Waals surface area (Å²) in [7, 11) is 0. The number of piperazine rings is 1. The summed E-state index contributed by atoms with van der Waals surface area (Å²) >= 11 is 0. The molecule has 1 atom stereocenters. The van der Waals surface area contributed by atoms with Gasteiger partial charge in [0.2, 0.25) is 0 Å². The third-order valence-corrected chi connectivity index (χ3v) is 9.21. The van der Waals surface area contributed by atoms with Gasteiger partial charge in [-0.15, -0.1) is 0 Å². The highest BCUT2D eigenvalue weighted by Crippen LogP contribution is 2.38. The van der Waals surface area contributed by atoms with Crippen LogP contribution in [0.1, 0.15) is 54.6 Å². The zero-order valence-corrected chi connectivity index (χ0v) is 26.7. The zero-order valence-electron chi connectivity index (χ0n) is 26.7. The number of amides is 2. The number of anilines is 1. The van der Waals surface area contributed by atoms with Crippen LogP contribution in [0, 0.1) is 12.8 Å². The first-order chi connectivity index (χ1) is 22.0. The van der Waals surface area contributed by atoms with Crippen LogP contribution < -0.4 is 10.1 Å². The molecule has 8 nitrogen and oxygen atoms in total. The average Bonchev–Trinajstić information content (AvgIpc) is 3.42. The third-order valence-electron chi connectivity index (χ3n) is 9.21. The van der Waals surface area contributed by atoms with E-state index in [1.807, 2.05) is 31.2 Å². The topological polar surface area (TPSA) is 76.7 Å². The Morgan fingerprint density at radius 2 is 1.83 bits per heavy atom. The molecule has 0 bridgehead atoms. The molecular formula is C35H41F3N6O2. The van der Waals surface area contributed by atoms with E-state index in [0.29, 0.717) is 24.6 Å². The van der Waals surface area contributed by atoms with Crippen molar-refractivity contribution in [3.8, 4) is 11.5 Å². The maximum absolute atomic E-state index is 14.2. The van der Waals surface area contributed by atoms with Gasteiger partial charge in [0.15, 0.2) is 0 Å². The van der Waals surface area contributed by atoms with Gasteiger partial charge in [-0.1, -0.05) is 32.9 Å². The highest BCUT2D eigenvalue weighted by atomic mass is 19.4. The van der Waals surface area contributed by atoms with E-state index < -0.39 is 17.8 Å². The quantitative estimate of drug-likeness (QED) is 0.219. The summed E-state index contributed by atoms with van der Waals surface area (Å²) < 4.78 is 48.9. The maximum atomic E-state index is 14.2. The minimum Gasteiger partial charge on any atom is -0.457 e. The van der Waals surface area contributed by atoms with Gasteiger partial charge in [0.05, 0.1) is 10.9 Å². The monoisotopic (exact) mass is 634 g/mol. The van der Waals surface area contributed by atoms with E-state index in [4.69, 9.17) is 4.74 Å². The van der Waals surface area contributed by atoms with Crippen LogP contribution in [0.4, 0.5) is 23.7 Å². The maximum Gasteiger partial charge on any atom is 0.416 e. The van der Waals surface area contributed by atoms with Gasteiger partial charge >= 0.3 is 12.2 Å². The Bertz CT molecular complexity index is 1710. The van der Waals surface area contributed by atoms with Crippen molar-refractivity contribution >= 4 is 22.8 Å². The number of aryl methyl sites for hydroxylation is 1. The Balaban J connectivity index is 1.20. The highest BCUT2D eigenvalue weighted by Gasteiger charge is 2.35. The molecule has 0 radical (unpaired) electrons. The molecule has 2 aromatic carbocycles. The van der Waals surface area contributed by atoms with Crippen molar-refractivity contribution in [2.24, 2.45) is 5.92 Å². The van der Waals surface area contributed by atoms with Crippen LogP contribution in [0.25, 0.3) is 11.0 Å². The fourth-order valence-electron chi connectivity index (χ4n) is 6.59. The molecule has 2 aromatic heterocycles. The lowest BCUT2D eigenvalue weighted by atomic mass is 9.82. The molecule has 0 aliphatic carbocycles. The van der Waals surface area contributed by atoms with E-state index in [0.717, 1.165) is 66.6 Å². The summed E-state index contributed by atoms with van der Waals surface area (Å²) in [5.41, 5.74) is 3.45. The number of benzene rings is 2. The van der Waals surface area contributed by atoms with Gasteiger partial charge in [-0.25, -0.2) is 9.78 Å². The second kappa shape index (κ2) is 13.0. The number of ether oxygens (including phenoxy) is 1. The normalized spacial score (nSPS) is 17.8. The molecule has 46 heavy (non-hydrogen) atoms. The molecule has 2 aliphatic rings. The molecule has 2 aliphatic heterocycles. The first-order valence-electron chi connectivity index (χ1n) is 15.9. The van der Waals surface area contributed by atoms with Crippen molar-refractivity contribution < 1.29 is 22.7 Å². The van der Waals surface area contributed by atoms with Gasteiger partial charge in [-0.3, -0.25) is 4.90 Å². The van der Waals surface area contributed by atoms with Crippen LogP contribution in [-0.4, -0.2) is 70.0 Å². The van der Waals surface area contributed by atoms with E-state index in [1.54, 1.807) is 17.2 Å². The summed E-state index contributed by atoms with van der Waals surface area (Å²) in [6, 6.07) is 13.5. The minimum atomic E-state index is -4.54. The fraction of sp³-hybridized carbons (Fsp3) is 0.429. The molecule has 1 saturated heterocycles. The van der Waals surface area contributed by atoms with Crippen molar-refractivity contribution in [2.45, 2.75) is 52.9 Å². The molecule has 0 spiro atoms. The van der Waals surface area contributed by atoms with Gasteiger partial charge in [-0.2, -0.15) is 13.2 Å². The largest absolute Gasteiger partial charge is 0.457 e. The predicted molar refractivity (Wildman–Crippen MR) is 173 cm³/mol. The first kappa shape index (κ1) is 31.9. The predicted octanol–water partition coefficient (Wildman–Crippen LogP) is 7.61. The molecule has 4 aromatic rings. The lowest BCUT2D eigenvalue weighted by Crippen LogP contribution is -2.45. The average molecular weight is 635 g/mol. The number of likely N-dealkylation sites (N-methyl/N-ethyl adjacent to an activating group) is 1. The second-order valence-corrected chi connectivity index (χ2v) is 12.7. The number of pyridine rings is 1. The van der Waals surface area contributed by atoms with Crippen LogP contribution in [0.15, 0.2) is 54.7 Å². The lowest BCUT2D eigenvalue weighted by molar-refractivity contribution is -0.138. The smallest absolute Gasteiger partial charge is 0.416 e. The molecule has 6 rings (SSSR count). The number of halogens is 3. The fourth-order valence-corrected chi connectivity index (χ4v) is 6.59. The summed E-state index contributed by atoms with van der Waals surface area (Å²) in [5.74, 6) is 1.60. The molecule has 244 valence electrons. The number of alkyl halides is 3. The van der Waals surface area contributed by atoms with Gasteiger partial charge in [0.1, 0.15) is 17.1 Å². The van der Waals surface area contributed by atoms with Crippen molar-refractivity contribution in [1.82, 2.24) is 24.7 Å². The summed E-state index contributed by atoms with van der Waals surface area (Å²) in [5, 5.41) is 3.64. The van der Waals surface area contributed by atoms with Crippen molar-refractivity contribution in [3.05, 3.63) is 82.7 Å². The van der Waals surface area contributed by atoms with E-state index in [1.165, 1.54) is 6.07 Å². The zero-order chi connectivity index (χ0) is 32.6. The van der Waals surface area contributed by atoms with Crippen molar-refractivity contribution in [1.29, 1.82) is 0 Å². The molecule has 1 fully saturated rings. The number of nitrogens with one attached hydrogen (secondary N) is 2. The Hall–Kier alpha value is -4.09. The van der Waals surface area contributed by atoms with Crippen LogP contribution in [0.3, 0.4) is 0 Å². The van der Waals surface area contributed by atoms with Crippen molar-refractivity contribution in [2.75, 3.05) is 44.6 Å². The molecular weight excluding hydrogens is 593 g/mol. The van der Waals surface area contributed by atoms with Crippen LogP contribution >= 0.6 is 0 Å². The lowest BCUT2D eigenvalue weighted by Gasteiger charge is -2.37. The molecule has 2 amide bonds. The first-order valence-corrected chi connectivity index (χ1v) is 15.9. The van der Waals surface area contributed by atoms with Gasteiger partial charge < -0.3 is 24.8 Å². The minimum absolute atomic E-state index is 0.0600. The summed E-state index contributed by atoms with van der Waals surface area (Å²) in [6.45, 7) is 13.3. The summed E-state index contributed by atoms with van der Waals surface area (Å²) in [6.07, 6.45) is -2.85. The molecule has 4 heterocycles. The Labute approximate surface area is 267 Å². The number of rotatable bonds is 7. The highest BCUT2D eigenvalue weighted by molar-refractivity contribution is 5.90. The number of aromatic amines is 1. The van der Waals surface area contributed by atoms with Gasteiger partial charge in [-0.05, 0) is 72.5 Å². The number of nitrogens with zero attached hydrogens (tertiary/aromatic N) is 4. The van der Waals surface area contributed by atoms with Crippen molar-refractivity contribution in [3.63, 3.8) is 0 Å².